The smallest absolute Gasteiger partial charge is 0.192 e. The predicted molar refractivity (Wildman–Crippen MR) is 102 cm³/mol. The summed E-state index contributed by atoms with van der Waals surface area (Å²) in [6.07, 6.45) is 2.34. The Labute approximate surface area is 158 Å². The van der Waals surface area contributed by atoms with Gasteiger partial charge in [0.1, 0.15) is 16.8 Å². The third-order valence-electron chi connectivity index (χ3n) is 4.09. The van der Waals surface area contributed by atoms with Crippen molar-refractivity contribution in [3.63, 3.8) is 0 Å². The van der Waals surface area contributed by atoms with Gasteiger partial charge in [0.15, 0.2) is 5.16 Å². The molecule has 0 spiro atoms. The van der Waals surface area contributed by atoms with Crippen molar-refractivity contribution in [2.45, 2.75) is 50.1 Å². The second kappa shape index (κ2) is 8.24. The minimum atomic E-state index is -0.225. The van der Waals surface area contributed by atoms with Crippen LogP contribution in [0.2, 0.25) is 0 Å². The average molecular weight is 366 g/mol. The molecule has 2 heterocycles. The molecule has 5 nitrogen and oxygen atoms in total. The van der Waals surface area contributed by atoms with Crippen LogP contribution in [0, 0.1) is 18.3 Å². The molecule has 0 saturated heterocycles. The highest BCUT2D eigenvalue weighted by molar-refractivity contribution is 8.00. The molecule has 26 heavy (non-hydrogen) atoms. The van der Waals surface area contributed by atoms with E-state index in [0.29, 0.717) is 13.0 Å². The molecule has 0 aliphatic rings. The second-order valence-electron chi connectivity index (χ2n) is 6.59. The molecule has 0 aliphatic carbocycles. The number of aryl methyl sites for hydroxylation is 1. The first-order valence-corrected chi connectivity index (χ1v) is 9.52. The summed E-state index contributed by atoms with van der Waals surface area (Å²) in [5.41, 5.74) is 2.37. The molecule has 0 aliphatic heterocycles. The molecule has 0 saturated carbocycles. The SMILES string of the molecule is Cc1ccc(CC(C#N)Sc2nnc(C(C)C)n2Cc2ccco2)cc1. The number of hydrogen-bond donors (Lipinski definition) is 0. The van der Waals surface area contributed by atoms with Gasteiger partial charge >= 0.3 is 0 Å². The van der Waals surface area contributed by atoms with E-state index in [1.807, 2.05) is 16.7 Å². The first-order valence-electron chi connectivity index (χ1n) is 8.64. The van der Waals surface area contributed by atoms with Crippen LogP contribution in [-0.2, 0) is 13.0 Å². The first kappa shape index (κ1) is 18.3. The van der Waals surface area contributed by atoms with Crippen molar-refractivity contribution in [3.8, 4) is 6.07 Å². The van der Waals surface area contributed by atoms with Crippen molar-refractivity contribution in [3.05, 3.63) is 65.4 Å². The highest BCUT2D eigenvalue weighted by Gasteiger charge is 2.20. The summed E-state index contributed by atoms with van der Waals surface area (Å²) in [5, 5.41) is 18.8. The predicted octanol–water partition coefficient (Wildman–Crippen LogP) is 4.58. The van der Waals surface area contributed by atoms with Crippen LogP contribution in [0.25, 0.3) is 0 Å². The third-order valence-corrected chi connectivity index (χ3v) is 5.16. The molecular weight excluding hydrogens is 344 g/mol. The Hall–Kier alpha value is -2.52. The Morgan fingerprint density at radius 1 is 1.19 bits per heavy atom. The van der Waals surface area contributed by atoms with Gasteiger partial charge in [-0.3, -0.25) is 4.57 Å². The first-order chi connectivity index (χ1) is 12.6. The molecule has 3 rings (SSSR count). The molecule has 0 N–H and O–H groups in total. The number of benzene rings is 1. The summed E-state index contributed by atoms with van der Waals surface area (Å²) in [7, 11) is 0. The molecular formula is C20H22N4OS. The van der Waals surface area contributed by atoms with E-state index in [2.05, 4.69) is 61.3 Å². The maximum absolute atomic E-state index is 9.62. The number of hydrogen-bond acceptors (Lipinski definition) is 5. The van der Waals surface area contributed by atoms with Crippen molar-refractivity contribution < 1.29 is 4.42 Å². The number of nitrogens with zero attached hydrogens (tertiary/aromatic N) is 4. The fraction of sp³-hybridized carbons (Fsp3) is 0.350. The summed E-state index contributed by atoms with van der Waals surface area (Å²) < 4.78 is 7.53. The van der Waals surface area contributed by atoms with Gasteiger partial charge in [0.25, 0.3) is 0 Å². The van der Waals surface area contributed by atoms with Crippen molar-refractivity contribution >= 4 is 11.8 Å². The van der Waals surface area contributed by atoms with E-state index in [4.69, 9.17) is 4.42 Å². The van der Waals surface area contributed by atoms with Crippen LogP contribution in [0.4, 0.5) is 0 Å². The van der Waals surface area contributed by atoms with Gasteiger partial charge in [-0.15, -0.1) is 10.2 Å². The van der Waals surface area contributed by atoms with Crippen LogP contribution in [-0.4, -0.2) is 20.0 Å². The Morgan fingerprint density at radius 2 is 1.96 bits per heavy atom. The number of nitriles is 1. The summed E-state index contributed by atoms with van der Waals surface area (Å²) >= 11 is 1.46. The zero-order valence-corrected chi connectivity index (χ0v) is 16.0. The van der Waals surface area contributed by atoms with Gasteiger partial charge in [0.05, 0.1) is 18.9 Å². The summed E-state index contributed by atoms with van der Waals surface area (Å²) in [5.74, 6) is 1.99. The number of furan rings is 1. The second-order valence-corrected chi connectivity index (χ2v) is 7.76. The summed E-state index contributed by atoms with van der Waals surface area (Å²) in [6.45, 7) is 6.81. The number of aromatic nitrogens is 3. The Kier molecular flexibility index (Phi) is 5.79. The van der Waals surface area contributed by atoms with Crippen molar-refractivity contribution in [2.75, 3.05) is 0 Å². The molecule has 2 aromatic heterocycles. The largest absolute Gasteiger partial charge is 0.467 e. The van der Waals surface area contributed by atoms with Crippen LogP contribution >= 0.6 is 11.8 Å². The maximum atomic E-state index is 9.62. The molecule has 1 unspecified atom stereocenters. The standard InChI is InChI=1S/C20H22N4OS/c1-14(2)19-22-23-20(24(19)13-17-5-4-10-25-17)26-18(12-21)11-16-8-6-15(3)7-9-16/h4-10,14,18H,11,13H2,1-3H3. The quantitative estimate of drug-likeness (QED) is 0.573. The number of thioether (sulfide) groups is 1. The minimum absolute atomic E-state index is 0.225. The summed E-state index contributed by atoms with van der Waals surface area (Å²) in [6, 6.07) is 14.5. The zero-order valence-electron chi connectivity index (χ0n) is 15.2. The van der Waals surface area contributed by atoms with E-state index in [-0.39, 0.29) is 11.2 Å². The normalized spacial score (nSPS) is 12.3. The maximum Gasteiger partial charge on any atom is 0.192 e. The lowest BCUT2D eigenvalue weighted by molar-refractivity contribution is 0.475. The molecule has 1 atom stereocenters. The van der Waals surface area contributed by atoms with E-state index in [0.717, 1.165) is 22.3 Å². The van der Waals surface area contributed by atoms with E-state index in [1.54, 1.807) is 6.26 Å². The Bertz CT molecular complexity index is 876. The van der Waals surface area contributed by atoms with E-state index in [9.17, 15) is 5.26 Å². The highest BCUT2D eigenvalue weighted by Crippen LogP contribution is 2.28. The molecule has 0 bridgehead atoms. The van der Waals surface area contributed by atoms with E-state index < -0.39 is 0 Å². The Morgan fingerprint density at radius 3 is 2.58 bits per heavy atom. The molecule has 0 radical (unpaired) electrons. The van der Waals surface area contributed by atoms with Crippen LogP contribution in [0.5, 0.6) is 0 Å². The molecule has 0 fully saturated rings. The lowest BCUT2D eigenvalue weighted by atomic mass is 10.1. The molecule has 1 aromatic carbocycles. The third kappa shape index (κ3) is 4.36. The molecule has 3 aromatic rings. The topological polar surface area (TPSA) is 67.6 Å². The lowest BCUT2D eigenvalue weighted by Gasteiger charge is -2.13. The van der Waals surface area contributed by atoms with Crippen molar-refractivity contribution in [2.24, 2.45) is 0 Å². The van der Waals surface area contributed by atoms with Gasteiger partial charge in [-0.05, 0) is 31.0 Å². The lowest BCUT2D eigenvalue weighted by Crippen LogP contribution is -2.10. The highest BCUT2D eigenvalue weighted by atomic mass is 32.2. The van der Waals surface area contributed by atoms with Crippen LogP contribution < -0.4 is 0 Å². The van der Waals surface area contributed by atoms with Gasteiger partial charge in [-0.1, -0.05) is 55.4 Å². The average Bonchev–Trinajstić information content (AvgIpc) is 3.27. The van der Waals surface area contributed by atoms with Crippen LogP contribution in [0.15, 0.2) is 52.2 Å². The van der Waals surface area contributed by atoms with Crippen molar-refractivity contribution in [1.82, 2.24) is 14.8 Å². The fourth-order valence-electron chi connectivity index (χ4n) is 2.70. The monoisotopic (exact) mass is 366 g/mol. The minimum Gasteiger partial charge on any atom is -0.467 e. The van der Waals surface area contributed by atoms with Gasteiger partial charge in [0.2, 0.25) is 0 Å². The fourth-order valence-corrected chi connectivity index (χ4v) is 3.66. The van der Waals surface area contributed by atoms with Gasteiger partial charge in [0, 0.05) is 5.92 Å². The van der Waals surface area contributed by atoms with Gasteiger partial charge in [-0.2, -0.15) is 5.26 Å². The Balaban J connectivity index is 1.81. The van der Waals surface area contributed by atoms with Gasteiger partial charge in [-0.25, -0.2) is 0 Å². The molecule has 0 amide bonds. The van der Waals surface area contributed by atoms with Gasteiger partial charge < -0.3 is 4.42 Å². The van der Waals surface area contributed by atoms with E-state index in [1.165, 1.54) is 17.3 Å². The number of rotatable bonds is 7. The van der Waals surface area contributed by atoms with Crippen molar-refractivity contribution in [1.29, 1.82) is 5.26 Å². The van der Waals surface area contributed by atoms with E-state index >= 15 is 0 Å². The summed E-state index contributed by atoms with van der Waals surface area (Å²) in [4.78, 5) is 0. The van der Waals surface area contributed by atoms with Crippen LogP contribution in [0.1, 0.15) is 42.5 Å². The molecule has 134 valence electrons. The van der Waals surface area contributed by atoms with Crippen LogP contribution in [0.3, 0.4) is 0 Å². The molecule has 6 heteroatoms. The zero-order chi connectivity index (χ0) is 18.5.